The van der Waals surface area contributed by atoms with E-state index in [1.54, 1.807) is 6.92 Å². The summed E-state index contributed by atoms with van der Waals surface area (Å²) in [4.78, 5) is 33.8. The van der Waals surface area contributed by atoms with Gasteiger partial charge in [0, 0.05) is 5.75 Å². The van der Waals surface area contributed by atoms with Crippen LogP contribution >= 0.6 is 34.4 Å². The number of unbranched alkanes of at least 4 members (excludes halogenated alkanes) is 2. The second-order valence-electron chi connectivity index (χ2n) is 10.7. The van der Waals surface area contributed by atoms with Gasteiger partial charge in [-0.05, 0) is 54.3 Å². The number of thiazole rings is 1. The van der Waals surface area contributed by atoms with Crippen molar-refractivity contribution in [2.24, 2.45) is 0 Å². The van der Waals surface area contributed by atoms with Crippen LogP contribution in [0.3, 0.4) is 0 Å². The van der Waals surface area contributed by atoms with Gasteiger partial charge in [-0.1, -0.05) is 97.5 Å². The number of aliphatic hydroxyl groups excluding tert-OH is 1. The number of nitrogens with zero attached hydrogens (tertiary/aromatic N) is 4. The Bertz CT molecular complexity index is 1890. The van der Waals surface area contributed by atoms with Gasteiger partial charge in [0.25, 0.3) is 5.91 Å². The number of ketones is 1. The minimum Gasteiger partial charge on any atom is -0.503 e. The van der Waals surface area contributed by atoms with Crippen LogP contribution in [-0.2, 0) is 10.5 Å². The first kappa shape index (κ1) is 30.9. The number of fused-ring (bicyclic) bond motifs is 1. The molecule has 0 fully saturated rings. The summed E-state index contributed by atoms with van der Waals surface area (Å²) in [6, 6.07) is 20.9. The number of hydrogen-bond donors (Lipinski definition) is 1. The third-order valence-electron chi connectivity index (χ3n) is 7.61. The predicted octanol–water partition coefficient (Wildman–Crippen LogP) is 8.41. The monoisotopic (exact) mass is 656 g/mol. The Labute approximate surface area is 273 Å². The number of amides is 1. The maximum atomic E-state index is 14.0. The smallest absolute Gasteiger partial charge is 0.296 e. The largest absolute Gasteiger partial charge is 0.503 e. The Morgan fingerprint density at radius 2 is 1.78 bits per heavy atom. The van der Waals surface area contributed by atoms with Crippen molar-refractivity contribution < 1.29 is 19.4 Å². The molecule has 3 heterocycles. The zero-order chi connectivity index (χ0) is 31.5. The van der Waals surface area contributed by atoms with Gasteiger partial charge in [-0.3, -0.25) is 14.5 Å². The normalized spacial score (nSPS) is 15.0. The summed E-state index contributed by atoms with van der Waals surface area (Å²) in [6.45, 7) is 6.33. The molecule has 0 saturated carbocycles. The molecule has 1 amide bonds. The molecule has 8 nitrogen and oxygen atoms in total. The summed E-state index contributed by atoms with van der Waals surface area (Å²) in [5.74, 6) is -0.334. The van der Waals surface area contributed by atoms with Gasteiger partial charge in [-0.25, -0.2) is 4.98 Å². The molecule has 1 aliphatic heterocycles. The fourth-order valence-electron chi connectivity index (χ4n) is 5.42. The molecule has 1 atom stereocenters. The highest BCUT2D eigenvalue weighted by molar-refractivity contribution is 8.00. The van der Waals surface area contributed by atoms with Gasteiger partial charge in [-0.15, -0.1) is 21.5 Å². The summed E-state index contributed by atoms with van der Waals surface area (Å²) >= 11 is 4.03. The zero-order valence-corrected chi connectivity index (χ0v) is 27.6. The number of rotatable bonds is 12. The molecule has 1 unspecified atom stereocenters. The number of anilines is 1. The lowest BCUT2D eigenvalue weighted by atomic mass is 9.95. The molecule has 0 aliphatic carbocycles. The highest BCUT2D eigenvalue weighted by Gasteiger charge is 2.46. The first-order valence-electron chi connectivity index (χ1n) is 14.8. The summed E-state index contributed by atoms with van der Waals surface area (Å²) in [6.07, 6.45) is 3.16. The lowest BCUT2D eigenvalue weighted by Gasteiger charge is -2.24. The van der Waals surface area contributed by atoms with E-state index in [1.807, 2.05) is 49.4 Å². The van der Waals surface area contributed by atoms with E-state index < -0.39 is 23.5 Å². The van der Waals surface area contributed by atoms with Crippen molar-refractivity contribution in [1.29, 1.82) is 0 Å². The van der Waals surface area contributed by atoms with Crippen LogP contribution in [0, 0.1) is 13.8 Å². The average molecular weight is 657 g/mol. The molecule has 6 rings (SSSR count). The van der Waals surface area contributed by atoms with Crippen LogP contribution in [0.25, 0.3) is 10.8 Å². The topological polar surface area (TPSA) is 106 Å². The Hall–Kier alpha value is -4.06. The van der Waals surface area contributed by atoms with Crippen molar-refractivity contribution in [3.63, 3.8) is 0 Å². The third kappa shape index (κ3) is 6.38. The number of ether oxygens (including phenoxy) is 1. The fourth-order valence-corrected chi connectivity index (χ4v) is 8.16. The van der Waals surface area contributed by atoms with Crippen molar-refractivity contribution in [1.82, 2.24) is 15.2 Å². The maximum absolute atomic E-state index is 14.0. The van der Waals surface area contributed by atoms with E-state index in [0.29, 0.717) is 43.7 Å². The van der Waals surface area contributed by atoms with Crippen LogP contribution < -0.4 is 9.64 Å². The average Bonchev–Trinajstić information content (AvgIpc) is 3.73. The summed E-state index contributed by atoms with van der Waals surface area (Å²) < 4.78 is 6.57. The number of hydrogen-bond acceptors (Lipinski definition) is 10. The summed E-state index contributed by atoms with van der Waals surface area (Å²) in [7, 11) is 0. The molecule has 0 spiro atoms. The molecule has 0 saturated heterocycles. The van der Waals surface area contributed by atoms with E-state index >= 15 is 0 Å². The lowest BCUT2D eigenvalue weighted by molar-refractivity contribution is -0.117. The van der Waals surface area contributed by atoms with Gasteiger partial charge in [0.15, 0.2) is 10.1 Å². The standard InChI is InChI=1S/C34H32N4O4S3/c1-4-5-8-18-42-25-16-14-23(15-17-25)28-27(29(39)31-20(2)35-21(3)44-31)30(40)32(41)38(28)33-36-37-34(45-33)43-19-24-12-9-11-22-10-6-7-13-26(22)24/h6-7,9-17,28,40H,4-5,8,18-19H2,1-3H3. The van der Waals surface area contributed by atoms with E-state index in [2.05, 4.69) is 46.4 Å². The molecule has 5 aromatic rings. The second kappa shape index (κ2) is 13.5. The van der Waals surface area contributed by atoms with Crippen LogP contribution in [0.1, 0.15) is 63.7 Å². The van der Waals surface area contributed by atoms with Crippen LogP contribution in [-0.4, -0.2) is 38.6 Å². The van der Waals surface area contributed by atoms with Crippen molar-refractivity contribution >= 4 is 62.0 Å². The number of aryl methyl sites for hydroxylation is 2. The summed E-state index contributed by atoms with van der Waals surface area (Å²) in [5, 5.41) is 23.3. The van der Waals surface area contributed by atoms with Crippen LogP contribution in [0.2, 0.25) is 0 Å². The Kier molecular flexibility index (Phi) is 9.29. The molecule has 0 bridgehead atoms. The van der Waals surface area contributed by atoms with Gasteiger partial charge in [-0.2, -0.15) is 0 Å². The van der Waals surface area contributed by atoms with Crippen molar-refractivity contribution in [3.05, 3.63) is 105 Å². The zero-order valence-electron chi connectivity index (χ0n) is 25.1. The number of carbonyl (C=O) groups is 2. The van der Waals surface area contributed by atoms with E-state index in [1.165, 1.54) is 55.7 Å². The SMILES string of the molecule is CCCCCOc1ccc(C2C(C(=O)c3sc(C)nc3C)=C(O)C(=O)N2c2nnc(SCc3cccc4ccccc34)s2)cc1. The predicted molar refractivity (Wildman–Crippen MR) is 181 cm³/mol. The molecule has 2 aromatic heterocycles. The van der Waals surface area contributed by atoms with E-state index in [9.17, 15) is 14.7 Å². The molecular weight excluding hydrogens is 625 g/mol. The van der Waals surface area contributed by atoms with Crippen LogP contribution in [0.15, 0.2) is 82.4 Å². The maximum Gasteiger partial charge on any atom is 0.296 e. The second-order valence-corrected chi connectivity index (χ2v) is 14.1. The molecule has 3 aromatic carbocycles. The molecular formula is C34H32N4O4S3. The number of aliphatic hydroxyl groups is 1. The number of carbonyl (C=O) groups excluding carboxylic acids is 2. The minimum atomic E-state index is -0.898. The minimum absolute atomic E-state index is 0.00326. The van der Waals surface area contributed by atoms with E-state index in [0.717, 1.165) is 24.3 Å². The number of benzene rings is 3. The van der Waals surface area contributed by atoms with Gasteiger partial charge < -0.3 is 9.84 Å². The Balaban J connectivity index is 1.31. The van der Waals surface area contributed by atoms with Gasteiger partial charge in [0.05, 0.1) is 33.8 Å². The van der Waals surface area contributed by atoms with Gasteiger partial charge in [0.1, 0.15) is 5.75 Å². The highest BCUT2D eigenvalue weighted by atomic mass is 32.2. The van der Waals surface area contributed by atoms with Crippen LogP contribution in [0.5, 0.6) is 5.75 Å². The van der Waals surface area contributed by atoms with Crippen LogP contribution in [0.4, 0.5) is 5.13 Å². The Morgan fingerprint density at radius 3 is 2.53 bits per heavy atom. The summed E-state index contributed by atoms with van der Waals surface area (Å²) in [5.41, 5.74) is 2.38. The fraction of sp³-hybridized carbons (Fsp3) is 0.265. The van der Waals surface area contributed by atoms with E-state index in [4.69, 9.17) is 4.74 Å². The lowest BCUT2D eigenvalue weighted by Crippen LogP contribution is -2.31. The quantitative estimate of drug-likeness (QED) is 0.0618. The first-order valence-corrected chi connectivity index (χ1v) is 17.4. The molecule has 1 N–H and O–H groups in total. The molecule has 1 aliphatic rings. The van der Waals surface area contributed by atoms with Gasteiger partial charge in [0.2, 0.25) is 10.9 Å². The Morgan fingerprint density at radius 1 is 1.00 bits per heavy atom. The molecule has 45 heavy (non-hydrogen) atoms. The molecule has 11 heteroatoms. The number of aromatic nitrogens is 3. The van der Waals surface area contributed by atoms with E-state index in [-0.39, 0.29) is 5.57 Å². The van der Waals surface area contributed by atoms with Gasteiger partial charge >= 0.3 is 0 Å². The number of Topliss-reactive ketones (excluding diaryl/α,β-unsaturated/α-hetero) is 1. The van der Waals surface area contributed by atoms with Crippen molar-refractivity contribution in [2.45, 2.75) is 56.2 Å². The van der Waals surface area contributed by atoms with Crippen molar-refractivity contribution in [2.75, 3.05) is 11.5 Å². The highest BCUT2D eigenvalue weighted by Crippen LogP contribution is 2.45. The first-order chi connectivity index (χ1) is 21.9. The molecule has 0 radical (unpaired) electrons. The third-order valence-corrected chi connectivity index (χ3v) is 10.8. The molecule has 230 valence electrons. The number of thioether (sulfide) groups is 1. The van der Waals surface area contributed by atoms with Crippen molar-refractivity contribution in [3.8, 4) is 5.75 Å².